The molecule has 0 aliphatic carbocycles. The number of nitrogen functional groups attached to an aromatic ring is 1. The van der Waals surface area contributed by atoms with E-state index < -0.39 is 5.91 Å². The first kappa shape index (κ1) is 6.56. The number of carbonyl (C=O) groups excluding carboxylic acids is 1. The molecule has 0 saturated carbocycles. The minimum Gasteiger partial charge on any atom is -0.290 e. The van der Waals surface area contributed by atoms with Crippen molar-refractivity contribution >= 4 is 5.91 Å². The highest BCUT2D eigenvalue weighted by Gasteiger charge is 2.01. The molecule has 1 aromatic rings. The molecule has 0 fully saturated rings. The number of hydrazine groups is 1. The van der Waals surface area contributed by atoms with Gasteiger partial charge in [-0.05, 0) is 5.21 Å². The van der Waals surface area contributed by atoms with Gasteiger partial charge in [-0.1, -0.05) is 0 Å². The van der Waals surface area contributed by atoms with Crippen molar-refractivity contribution in [1.82, 2.24) is 20.8 Å². The van der Waals surface area contributed by atoms with Gasteiger partial charge in [0.15, 0.2) is 0 Å². The third kappa shape index (κ3) is 1.23. The standard InChI is InChI=1S/C4H5N5O/c5-8-4(10)3-1-6-9-7-2-3/h1-2H,5H2,(H,8,10). The predicted molar refractivity (Wildman–Crippen MR) is 31.5 cm³/mol. The summed E-state index contributed by atoms with van der Waals surface area (Å²) in [6.07, 6.45) is 2.55. The van der Waals surface area contributed by atoms with Crippen LogP contribution in [0.15, 0.2) is 12.4 Å². The quantitative estimate of drug-likeness (QED) is 0.280. The van der Waals surface area contributed by atoms with Crippen LogP contribution in [0.5, 0.6) is 0 Å². The van der Waals surface area contributed by atoms with E-state index in [0.717, 1.165) is 0 Å². The second-order valence-electron chi connectivity index (χ2n) is 1.51. The molecule has 0 spiro atoms. The van der Waals surface area contributed by atoms with Crippen molar-refractivity contribution in [3.05, 3.63) is 18.0 Å². The van der Waals surface area contributed by atoms with E-state index in [0.29, 0.717) is 0 Å². The van der Waals surface area contributed by atoms with E-state index in [1.807, 2.05) is 5.43 Å². The normalized spacial score (nSPS) is 8.90. The van der Waals surface area contributed by atoms with Crippen LogP contribution in [0.4, 0.5) is 0 Å². The maximum Gasteiger partial charge on any atom is 0.268 e. The number of hydrogen-bond donors (Lipinski definition) is 2. The third-order valence-electron chi connectivity index (χ3n) is 0.890. The molecule has 6 nitrogen and oxygen atoms in total. The van der Waals surface area contributed by atoms with E-state index in [2.05, 4.69) is 15.4 Å². The van der Waals surface area contributed by atoms with Gasteiger partial charge in [0.1, 0.15) is 0 Å². The molecule has 1 heterocycles. The molecule has 0 radical (unpaired) electrons. The van der Waals surface area contributed by atoms with Crippen LogP contribution in [0.2, 0.25) is 0 Å². The molecule has 0 bridgehead atoms. The fourth-order valence-corrected chi connectivity index (χ4v) is 0.440. The van der Waals surface area contributed by atoms with Gasteiger partial charge in [0, 0.05) is 0 Å². The van der Waals surface area contributed by atoms with Crippen LogP contribution < -0.4 is 11.3 Å². The van der Waals surface area contributed by atoms with Crippen LogP contribution >= 0.6 is 0 Å². The van der Waals surface area contributed by atoms with Crippen LogP contribution in [0, 0.1) is 0 Å². The minimum atomic E-state index is -0.428. The SMILES string of the molecule is NNC(=O)c1cnnnc1. The summed E-state index contributed by atoms with van der Waals surface area (Å²) >= 11 is 0. The second kappa shape index (κ2) is 2.83. The number of nitrogens with two attached hydrogens (primary N) is 1. The molecule has 1 rings (SSSR count). The largest absolute Gasteiger partial charge is 0.290 e. The highest BCUT2D eigenvalue weighted by Crippen LogP contribution is 1.88. The number of nitrogens with zero attached hydrogens (tertiary/aromatic N) is 3. The molecule has 6 heteroatoms. The lowest BCUT2D eigenvalue weighted by Crippen LogP contribution is -2.30. The number of hydrogen-bond acceptors (Lipinski definition) is 5. The van der Waals surface area contributed by atoms with Crippen molar-refractivity contribution in [1.29, 1.82) is 0 Å². The molecule has 0 atom stereocenters. The number of amides is 1. The first-order valence-corrected chi connectivity index (χ1v) is 2.49. The van der Waals surface area contributed by atoms with Gasteiger partial charge in [-0.25, -0.2) is 5.84 Å². The van der Waals surface area contributed by atoms with Crippen LogP contribution in [0.3, 0.4) is 0 Å². The van der Waals surface area contributed by atoms with Crippen LogP contribution in [-0.4, -0.2) is 21.3 Å². The molecular weight excluding hydrogens is 134 g/mol. The van der Waals surface area contributed by atoms with Gasteiger partial charge in [0.25, 0.3) is 5.91 Å². The molecule has 0 aliphatic rings. The van der Waals surface area contributed by atoms with Gasteiger partial charge in [-0.3, -0.25) is 10.2 Å². The Bertz CT molecular complexity index is 222. The summed E-state index contributed by atoms with van der Waals surface area (Å²) in [6, 6.07) is 0. The molecule has 1 aromatic heterocycles. The smallest absolute Gasteiger partial charge is 0.268 e. The molecule has 10 heavy (non-hydrogen) atoms. The minimum absolute atomic E-state index is 0.289. The zero-order valence-corrected chi connectivity index (χ0v) is 4.98. The lowest BCUT2D eigenvalue weighted by Gasteiger charge is -1.93. The zero-order valence-electron chi connectivity index (χ0n) is 4.98. The van der Waals surface area contributed by atoms with E-state index in [1.54, 1.807) is 0 Å². The molecule has 52 valence electrons. The Hall–Kier alpha value is -1.56. The van der Waals surface area contributed by atoms with E-state index in [9.17, 15) is 4.79 Å². The summed E-state index contributed by atoms with van der Waals surface area (Å²) in [5.74, 6) is 4.40. The van der Waals surface area contributed by atoms with Crippen LogP contribution in [-0.2, 0) is 0 Å². The van der Waals surface area contributed by atoms with E-state index in [1.165, 1.54) is 12.4 Å². The fourth-order valence-electron chi connectivity index (χ4n) is 0.440. The Balaban J connectivity index is 2.85. The summed E-state index contributed by atoms with van der Waals surface area (Å²) in [5, 5.41) is 9.99. The van der Waals surface area contributed by atoms with Crippen LogP contribution in [0.1, 0.15) is 10.4 Å². The van der Waals surface area contributed by atoms with Crippen molar-refractivity contribution in [2.45, 2.75) is 0 Å². The Morgan fingerprint density at radius 3 is 2.60 bits per heavy atom. The molecule has 0 unspecified atom stereocenters. The number of nitrogens with one attached hydrogen (secondary N) is 1. The van der Waals surface area contributed by atoms with Crippen molar-refractivity contribution in [2.24, 2.45) is 5.84 Å². The Labute approximate surface area is 56.4 Å². The average Bonchev–Trinajstić information content (AvgIpc) is 2.05. The van der Waals surface area contributed by atoms with E-state index in [-0.39, 0.29) is 5.56 Å². The average molecular weight is 139 g/mol. The maximum atomic E-state index is 10.7. The molecule has 1 amide bonds. The Kier molecular flexibility index (Phi) is 1.86. The highest BCUT2D eigenvalue weighted by atomic mass is 16.2. The van der Waals surface area contributed by atoms with Crippen LogP contribution in [0.25, 0.3) is 0 Å². The van der Waals surface area contributed by atoms with Gasteiger partial charge in [0.2, 0.25) is 0 Å². The molecule has 0 aromatic carbocycles. The maximum absolute atomic E-state index is 10.7. The topological polar surface area (TPSA) is 93.8 Å². The lowest BCUT2D eigenvalue weighted by molar-refractivity contribution is 0.0952. The second-order valence-corrected chi connectivity index (χ2v) is 1.51. The van der Waals surface area contributed by atoms with Gasteiger partial charge in [-0.15, -0.1) is 10.2 Å². The summed E-state index contributed by atoms with van der Waals surface area (Å²) < 4.78 is 0. The highest BCUT2D eigenvalue weighted by molar-refractivity contribution is 5.92. The van der Waals surface area contributed by atoms with Crippen molar-refractivity contribution in [3.8, 4) is 0 Å². The zero-order chi connectivity index (χ0) is 7.40. The molecule has 0 saturated heterocycles. The summed E-state index contributed by atoms with van der Waals surface area (Å²) in [4.78, 5) is 10.7. The Morgan fingerprint density at radius 1 is 1.50 bits per heavy atom. The Morgan fingerprint density at radius 2 is 2.10 bits per heavy atom. The number of aromatic nitrogens is 3. The fraction of sp³-hybridized carbons (Fsp3) is 0. The van der Waals surface area contributed by atoms with Gasteiger partial charge in [0.05, 0.1) is 18.0 Å². The van der Waals surface area contributed by atoms with Gasteiger partial charge < -0.3 is 0 Å². The van der Waals surface area contributed by atoms with E-state index >= 15 is 0 Å². The monoisotopic (exact) mass is 139 g/mol. The van der Waals surface area contributed by atoms with Crippen molar-refractivity contribution in [2.75, 3.05) is 0 Å². The predicted octanol–water partition coefficient (Wildman–Crippen LogP) is -1.52. The van der Waals surface area contributed by atoms with E-state index in [4.69, 9.17) is 5.84 Å². The van der Waals surface area contributed by atoms with Gasteiger partial charge >= 0.3 is 0 Å². The van der Waals surface area contributed by atoms with Crippen molar-refractivity contribution in [3.63, 3.8) is 0 Å². The summed E-state index contributed by atoms with van der Waals surface area (Å²) in [7, 11) is 0. The van der Waals surface area contributed by atoms with Gasteiger partial charge in [-0.2, -0.15) is 0 Å². The third-order valence-corrected chi connectivity index (χ3v) is 0.890. The first-order chi connectivity index (χ1) is 4.84. The first-order valence-electron chi connectivity index (χ1n) is 2.49. The summed E-state index contributed by atoms with van der Waals surface area (Å²) in [5.41, 5.74) is 2.22. The van der Waals surface area contributed by atoms with Crippen molar-refractivity contribution < 1.29 is 4.79 Å². The summed E-state index contributed by atoms with van der Waals surface area (Å²) in [6.45, 7) is 0. The molecular formula is C4H5N5O. The molecule has 3 N–H and O–H groups in total. The lowest BCUT2D eigenvalue weighted by atomic mass is 10.3. The molecule has 0 aliphatic heterocycles. The number of rotatable bonds is 1. The number of carbonyl (C=O) groups is 1.